The van der Waals surface area contributed by atoms with Crippen LogP contribution in [0.5, 0.6) is 0 Å². The summed E-state index contributed by atoms with van der Waals surface area (Å²) in [5.41, 5.74) is 1.71. The molecule has 1 N–H and O–H groups in total. The first-order valence-electron chi connectivity index (χ1n) is 9.51. The number of rotatable bonds is 7. The van der Waals surface area contributed by atoms with Crippen molar-refractivity contribution in [2.75, 3.05) is 33.4 Å². The van der Waals surface area contributed by atoms with E-state index in [-0.39, 0.29) is 23.7 Å². The second kappa shape index (κ2) is 9.63. The Balaban J connectivity index is 1.58. The number of likely N-dealkylation sites (N-methyl/N-ethyl adjacent to an activating group) is 1. The van der Waals surface area contributed by atoms with E-state index in [2.05, 4.69) is 33.4 Å². The summed E-state index contributed by atoms with van der Waals surface area (Å²) in [6, 6.07) is 15.2. The number of benzene rings is 2. The number of hydrogen-bond donors (Lipinski definition) is 1. The van der Waals surface area contributed by atoms with Crippen molar-refractivity contribution < 1.29 is 13.9 Å². The van der Waals surface area contributed by atoms with E-state index in [1.165, 1.54) is 11.6 Å². The summed E-state index contributed by atoms with van der Waals surface area (Å²) in [7, 11) is 1.82. The number of hydrogen-bond acceptors (Lipinski definition) is 3. The lowest BCUT2D eigenvalue weighted by molar-refractivity contribution is -0.122. The van der Waals surface area contributed by atoms with Gasteiger partial charge in [0.1, 0.15) is 5.82 Å². The molecule has 28 heavy (non-hydrogen) atoms. The van der Waals surface area contributed by atoms with E-state index in [0.717, 1.165) is 17.3 Å². The van der Waals surface area contributed by atoms with Crippen LogP contribution < -0.4 is 5.32 Å². The van der Waals surface area contributed by atoms with Gasteiger partial charge in [-0.1, -0.05) is 46.3 Å². The second-order valence-electron chi connectivity index (χ2n) is 7.44. The number of carbonyl (C=O) groups excluding carboxylic acids is 1. The molecule has 150 valence electrons. The van der Waals surface area contributed by atoms with Crippen LogP contribution in [-0.2, 0) is 21.5 Å². The fourth-order valence-corrected chi connectivity index (χ4v) is 4.11. The van der Waals surface area contributed by atoms with Crippen LogP contribution in [0, 0.1) is 5.82 Å². The van der Waals surface area contributed by atoms with Gasteiger partial charge >= 0.3 is 0 Å². The largest absolute Gasteiger partial charge is 0.381 e. The predicted octanol–water partition coefficient (Wildman–Crippen LogP) is 3.88. The average molecular weight is 449 g/mol. The minimum atomic E-state index is -0.263. The molecule has 6 heteroatoms. The highest BCUT2D eigenvalue weighted by atomic mass is 79.9. The third-order valence-corrected chi connectivity index (χ3v) is 5.81. The Morgan fingerprint density at radius 1 is 1.21 bits per heavy atom. The number of nitrogens with zero attached hydrogens (tertiary/aromatic N) is 1. The van der Waals surface area contributed by atoms with Crippen LogP contribution >= 0.6 is 15.9 Å². The molecular formula is C22H26BrFN2O2. The molecule has 1 heterocycles. The minimum Gasteiger partial charge on any atom is -0.381 e. The summed E-state index contributed by atoms with van der Waals surface area (Å²) in [6.45, 7) is 2.57. The van der Waals surface area contributed by atoms with Gasteiger partial charge < -0.3 is 10.1 Å². The van der Waals surface area contributed by atoms with Crippen molar-refractivity contribution in [2.24, 2.45) is 0 Å². The second-order valence-corrected chi connectivity index (χ2v) is 8.36. The van der Waals surface area contributed by atoms with Gasteiger partial charge in [0.15, 0.2) is 0 Å². The van der Waals surface area contributed by atoms with Crippen molar-refractivity contribution in [2.45, 2.75) is 24.8 Å². The molecule has 0 unspecified atom stereocenters. The zero-order valence-corrected chi connectivity index (χ0v) is 17.7. The molecule has 1 saturated heterocycles. The topological polar surface area (TPSA) is 41.6 Å². The Kier molecular flexibility index (Phi) is 7.21. The van der Waals surface area contributed by atoms with E-state index in [0.29, 0.717) is 31.9 Å². The van der Waals surface area contributed by atoms with E-state index in [9.17, 15) is 9.18 Å². The maximum atomic E-state index is 13.9. The summed E-state index contributed by atoms with van der Waals surface area (Å²) < 4.78 is 20.3. The van der Waals surface area contributed by atoms with Gasteiger partial charge in [0.2, 0.25) is 5.91 Å². The van der Waals surface area contributed by atoms with Crippen LogP contribution in [0.3, 0.4) is 0 Å². The molecule has 0 spiro atoms. The standard InChI is InChI=1S/C22H26BrFN2O2/c1-26(14-17-13-19(23)7-8-20(17)24)15-21(27)25-16-22(9-11-28-12-10-22)18-5-3-2-4-6-18/h2-8,13H,9-12,14-16H2,1H3,(H,25,27). The quantitative estimate of drug-likeness (QED) is 0.698. The van der Waals surface area contributed by atoms with Gasteiger partial charge in [-0.3, -0.25) is 9.69 Å². The van der Waals surface area contributed by atoms with Gasteiger partial charge in [0.05, 0.1) is 6.54 Å². The predicted molar refractivity (Wildman–Crippen MR) is 112 cm³/mol. The van der Waals surface area contributed by atoms with Crippen LogP contribution in [-0.4, -0.2) is 44.2 Å². The lowest BCUT2D eigenvalue weighted by Crippen LogP contribution is -2.46. The first-order chi connectivity index (χ1) is 13.5. The van der Waals surface area contributed by atoms with Crippen molar-refractivity contribution >= 4 is 21.8 Å². The molecule has 1 fully saturated rings. The first-order valence-corrected chi connectivity index (χ1v) is 10.3. The molecule has 0 saturated carbocycles. The third kappa shape index (κ3) is 5.40. The number of amides is 1. The molecule has 0 bridgehead atoms. The zero-order valence-electron chi connectivity index (χ0n) is 16.1. The van der Waals surface area contributed by atoms with Gasteiger partial charge in [-0.15, -0.1) is 0 Å². The summed E-state index contributed by atoms with van der Waals surface area (Å²) in [6.07, 6.45) is 1.77. The molecule has 1 amide bonds. The molecule has 1 aliphatic rings. The highest BCUT2D eigenvalue weighted by Crippen LogP contribution is 2.34. The number of nitrogens with one attached hydrogen (secondary N) is 1. The van der Waals surface area contributed by atoms with Crippen LogP contribution in [0.2, 0.25) is 0 Å². The first kappa shape index (κ1) is 21.0. The molecule has 1 aliphatic heterocycles. The lowest BCUT2D eigenvalue weighted by Gasteiger charge is -2.38. The summed E-state index contributed by atoms with van der Waals surface area (Å²) in [5, 5.41) is 3.10. The molecule has 2 aromatic rings. The Bertz CT molecular complexity index is 794. The normalized spacial score (nSPS) is 16.1. The van der Waals surface area contributed by atoms with Gasteiger partial charge in [0.25, 0.3) is 0 Å². The summed E-state index contributed by atoms with van der Waals surface area (Å²) in [4.78, 5) is 14.3. The average Bonchev–Trinajstić information content (AvgIpc) is 2.70. The van der Waals surface area contributed by atoms with Crippen molar-refractivity contribution in [3.63, 3.8) is 0 Å². The monoisotopic (exact) mass is 448 g/mol. The Morgan fingerprint density at radius 2 is 1.93 bits per heavy atom. The third-order valence-electron chi connectivity index (χ3n) is 5.32. The van der Waals surface area contributed by atoms with Crippen LogP contribution in [0.4, 0.5) is 4.39 Å². The zero-order chi connectivity index (χ0) is 20.0. The Morgan fingerprint density at radius 3 is 2.64 bits per heavy atom. The van der Waals surface area contributed by atoms with Crippen LogP contribution in [0.25, 0.3) is 0 Å². The van der Waals surface area contributed by atoms with E-state index >= 15 is 0 Å². The molecule has 0 atom stereocenters. The van der Waals surface area contributed by atoms with E-state index in [4.69, 9.17) is 4.74 Å². The maximum Gasteiger partial charge on any atom is 0.234 e. The fourth-order valence-electron chi connectivity index (χ4n) is 3.70. The maximum absolute atomic E-state index is 13.9. The number of carbonyl (C=O) groups is 1. The van der Waals surface area contributed by atoms with Gasteiger partial charge in [-0.25, -0.2) is 4.39 Å². The molecule has 0 aliphatic carbocycles. The Labute approximate surface area is 174 Å². The van der Waals surface area contributed by atoms with Crippen molar-refractivity contribution in [3.05, 3.63) is 69.9 Å². The van der Waals surface area contributed by atoms with Crippen molar-refractivity contribution in [1.29, 1.82) is 0 Å². The molecule has 0 radical (unpaired) electrons. The smallest absolute Gasteiger partial charge is 0.234 e. The van der Waals surface area contributed by atoms with Gasteiger partial charge in [-0.05, 0) is 43.7 Å². The SMILES string of the molecule is CN(CC(=O)NCC1(c2ccccc2)CCOCC1)Cc1cc(Br)ccc1F. The molecule has 2 aromatic carbocycles. The lowest BCUT2D eigenvalue weighted by atomic mass is 9.74. The number of halogens is 2. The van der Waals surface area contributed by atoms with Crippen molar-refractivity contribution in [1.82, 2.24) is 10.2 Å². The summed E-state index contributed by atoms with van der Waals surface area (Å²) in [5.74, 6) is -0.319. The van der Waals surface area contributed by atoms with E-state index in [1.807, 2.05) is 30.1 Å². The van der Waals surface area contributed by atoms with E-state index in [1.54, 1.807) is 12.1 Å². The fraction of sp³-hybridized carbons (Fsp3) is 0.409. The molecule has 4 nitrogen and oxygen atoms in total. The minimum absolute atomic E-state index is 0.0558. The van der Waals surface area contributed by atoms with Crippen LogP contribution in [0.1, 0.15) is 24.0 Å². The van der Waals surface area contributed by atoms with Crippen molar-refractivity contribution in [3.8, 4) is 0 Å². The van der Waals surface area contributed by atoms with Crippen LogP contribution in [0.15, 0.2) is 53.0 Å². The van der Waals surface area contributed by atoms with E-state index < -0.39 is 0 Å². The molecule has 0 aromatic heterocycles. The van der Waals surface area contributed by atoms with Gasteiger partial charge in [0, 0.05) is 41.8 Å². The Hall–Kier alpha value is -1.76. The van der Waals surface area contributed by atoms with Gasteiger partial charge in [-0.2, -0.15) is 0 Å². The highest BCUT2D eigenvalue weighted by Gasteiger charge is 2.34. The number of ether oxygens (including phenoxy) is 1. The molecular weight excluding hydrogens is 423 g/mol. The molecule has 3 rings (SSSR count). The summed E-state index contributed by atoms with van der Waals surface area (Å²) >= 11 is 3.36. The highest BCUT2D eigenvalue weighted by molar-refractivity contribution is 9.10.